The molecule has 0 aromatic heterocycles. The molecule has 0 aromatic rings. The molecule has 0 heterocycles. The molecule has 0 rings (SSSR count). The summed E-state index contributed by atoms with van der Waals surface area (Å²) in [7, 11) is 0. The number of esters is 1. The quantitative estimate of drug-likeness (QED) is 0.512. The Morgan fingerprint density at radius 2 is 1.57 bits per heavy atom. The maximum atomic E-state index is 11.6. The highest BCUT2D eigenvalue weighted by Crippen LogP contribution is 2.15. The Balaban J connectivity index is 4.59. The molecule has 0 aliphatic carbocycles. The predicted molar refractivity (Wildman–Crippen MR) is 59.0 cm³/mol. The van der Waals surface area contributed by atoms with Crippen LogP contribution in [-0.2, 0) is 9.53 Å². The van der Waals surface area contributed by atoms with E-state index in [0.29, 0.717) is 5.92 Å². The van der Waals surface area contributed by atoms with Gasteiger partial charge in [-0.1, -0.05) is 33.8 Å². The molecule has 0 atom stereocenters. The second kappa shape index (κ2) is 5.84. The second-order valence-corrected chi connectivity index (χ2v) is 4.47. The van der Waals surface area contributed by atoms with E-state index in [-0.39, 0.29) is 18.0 Å². The molecule has 0 unspecified atom stereocenters. The molecule has 0 fully saturated rings. The van der Waals surface area contributed by atoms with Gasteiger partial charge in [0.2, 0.25) is 0 Å². The summed E-state index contributed by atoms with van der Waals surface area (Å²) in [5, 5.41) is 0. The molecule has 0 aliphatic rings. The Kier molecular flexibility index (Phi) is 5.51. The summed E-state index contributed by atoms with van der Waals surface area (Å²) in [6, 6.07) is 0. The van der Waals surface area contributed by atoms with Gasteiger partial charge in [-0.05, 0) is 25.7 Å². The summed E-state index contributed by atoms with van der Waals surface area (Å²) in [5.41, 5.74) is 0.786. The highest BCUT2D eigenvalue weighted by atomic mass is 16.5. The summed E-state index contributed by atoms with van der Waals surface area (Å²) in [6.07, 6.45) is 1.94. The van der Waals surface area contributed by atoms with Crippen LogP contribution in [0, 0.1) is 11.8 Å². The van der Waals surface area contributed by atoms with Crippen LogP contribution in [-0.4, -0.2) is 12.1 Å². The van der Waals surface area contributed by atoms with Crippen LogP contribution in [0.4, 0.5) is 0 Å². The van der Waals surface area contributed by atoms with Crippen LogP contribution in [0.15, 0.2) is 11.6 Å². The number of ether oxygens (including phenoxy) is 1. The fourth-order valence-electron chi connectivity index (χ4n) is 1.14. The number of allylic oxidation sites excluding steroid dienone is 1. The van der Waals surface area contributed by atoms with Crippen molar-refractivity contribution in [3.8, 4) is 0 Å². The second-order valence-electron chi connectivity index (χ2n) is 4.47. The van der Waals surface area contributed by atoms with E-state index in [2.05, 4.69) is 13.8 Å². The van der Waals surface area contributed by atoms with Crippen molar-refractivity contribution in [2.24, 2.45) is 11.8 Å². The molecule has 14 heavy (non-hydrogen) atoms. The Labute approximate surface area is 87.3 Å². The monoisotopic (exact) mass is 198 g/mol. The van der Waals surface area contributed by atoms with Gasteiger partial charge in [-0.2, -0.15) is 0 Å². The van der Waals surface area contributed by atoms with Crippen molar-refractivity contribution >= 4 is 5.97 Å². The third kappa shape index (κ3) is 5.05. The SMILES string of the molecule is CC(C)C=C(C(=O)OC(C)C)C(C)C. The minimum Gasteiger partial charge on any atom is -0.460 e. The smallest absolute Gasteiger partial charge is 0.334 e. The largest absolute Gasteiger partial charge is 0.460 e. The van der Waals surface area contributed by atoms with E-state index in [1.807, 2.05) is 33.8 Å². The number of hydrogen-bond donors (Lipinski definition) is 0. The molecule has 0 bridgehead atoms. The molecular formula is C12H22O2. The first-order valence-corrected chi connectivity index (χ1v) is 5.27. The van der Waals surface area contributed by atoms with Gasteiger partial charge in [0, 0.05) is 5.57 Å². The molecule has 0 spiro atoms. The average Bonchev–Trinajstić information content (AvgIpc) is 1.97. The average molecular weight is 198 g/mol. The topological polar surface area (TPSA) is 26.3 Å². The molecule has 0 aromatic carbocycles. The van der Waals surface area contributed by atoms with Crippen molar-refractivity contribution in [1.82, 2.24) is 0 Å². The highest BCUT2D eigenvalue weighted by Gasteiger charge is 2.16. The molecule has 0 amide bonds. The summed E-state index contributed by atoms with van der Waals surface area (Å²) in [4.78, 5) is 11.6. The van der Waals surface area contributed by atoms with Crippen LogP contribution in [0.5, 0.6) is 0 Å². The minimum absolute atomic E-state index is 0.0446. The Morgan fingerprint density at radius 1 is 1.07 bits per heavy atom. The van der Waals surface area contributed by atoms with Crippen LogP contribution in [0.2, 0.25) is 0 Å². The Hall–Kier alpha value is -0.790. The zero-order valence-electron chi connectivity index (χ0n) is 10.1. The van der Waals surface area contributed by atoms with Gasteiger partial charge in [0.1, 0.15) is 0 Å². The van der Waals surface area contributed by atoms with Crippen LogP contribution < -0.4 is 0 Å². The molecule has 0 saturated carbocycles. The van der Waals surface area contributed by atoms with E-state index in [9.17, 15) is 4.79 Å². The normalized spacial score (nSPS) is 12.8. The first-order valence-electron chi connectivity index (χ1n) is 5.27. The van der Waals surface area contributed by atoms with E-state index in [4.69, 9.17) is 4.74 Å². The fourth-order valence-corrected chi connectivity index (χ4v) is 1.14. The molecule has 0 radical (unpaired) electrons. The summed E-state index contributed by atoms with van der Waals surface area (Å²) in [6.45, 7) is 11.9. The Morgan fingerprint density at radius 3 is 1.86 bits per heavy atom. The van der Waals surface area contributed by atoms with E-state index in [1.54, 1.807) is 0 Å². The van der Waals surface area contributed by atoms with E-state index < -0.39 is 0 Å². The van der Waals surface area contributed by atoms with Crippen molar-refractivity contribution in [2.45, 2.75) is 47.6 Å². The van der Waals surface area contributed by atoms with Gasteiger partial charge in [0.15, 0.2) is 0 Å². The van der Waals surface area contributed by atoms with Gasteiger partial charge in [-0.3, -0.25) is 0 Å². The van der Waals surface area contributed by atoms with Crippen molar-refractivity contribution < 1.29 is 9.53 Å². The number of hydrogen-bond acceptors (Lipinski definition) is 2. The van der Waals surface area contributed by atoms with Crippen molar-refractivity contribution in [3.63, 3.8) is 0 Å². The maximum absolute atomic E-state index is 11.6. The molecule has 0 aliphatic heterocycles. The number of rotatable bonds is 4. The molecule has 0 saturated heterocycles. The third-order valence-electron chi connectivity index (χ3n) is 1.71. The summed E-state index contributed by atoms with van der Waals surface area (Å²) in [5.74, 6) is 0.430. The van der Waals surface area contributed by atoms with Crippen LogP contribution in [0.25, 0.3) is 0 Å². The molecular weight excluding hydrogens is 176 g/mol. The van der Waals surface area contributed by atoms with Gasteiger partial charge < -0.3 is 4.74 Å². The predicted octanol–water partition coefficient (Wildman–Crippen LogP) is 3.18. The summed E-state index contributed by atoms with van der Waals surface area (Å²) < 4.78 is 5.17. The van der Waals surface area contributed by atoms with E-state index in [1.165, 1.54) is 0 Å². The maximum Gasteiger partial charge on any atom is 0.334 e. The van der Waals surface area contributed by atoms with Gasteiger partial charge >= 0.3 is 5.97 Å². The standard InChI is InChI=1S/C12H22O2/c1-8(2)7-11(9(3)4)12(13)14-10(5)6/h7-10H,1-6H3. The summed E-state index contributed by atoms with van der Waals surface area (Å²) >= 11 is 0. The molecule has 0 N–H and O–H groups in total. The van der Waals surface area contributed by atoms with Crippen LogP contribution in [0.1, 0.15) is 41.5 Å². The first-order chi connectivity index (χ1) is 6.34. The van der Waals surface area contributed by atoms with Crippen molar-refractivity contribution in [1.29, 1.82) is 0 Å². The Bertz CT molecular complexity index is 212. The number of carbonyl (C=O) groups excluding carboxylic acids is 1. The lowest BCUT2D eigenvalue weighted by Crippen LogP contribution is -2.17. The van der Waals surface area contributed by atoms with Gasteiger partial charge in [-0.25, -0.2) is 4.79 Å². The van der Waals surface area contributed by atoms with Crippen molar-refractivity contribution in [2.75, 3.05) is 0 Å². The fraction of sp³-hybridized carbons (Fsp3) is 0.750. The first kappa shape index (κ1) is 13.2. The van der Waals surface area contributed by atoms with E-state index in [0.717, 1.165) is 5.57 Å². The molecule has 82 valence electrons. The molecule has 2 nitrogen and oxygen atoms in total. The van der Waals surface area contributed by atoms with Crippen molar-refractivity contribution in [3.05, 3.63) is 11.6 Å². The van der Waals surface area contributed by atoms with Gasteiger partial charge in [0.25, 0.3) is 0 Å². The third-order valence-corrected chi connectivity index (χ3v) is 1.71. The van der Waals surface area contributed by atoms with Crippen LogP contribution >= 0.6 is 0 Å². The highest BCUT2D eigenvalue weighted by molar-refractivity contribution is 5.89. The van der Waals surface area contributed by atoms with E-state index >= 15 is 0 Å². The number of carbonyl (C=O) groups is 1. The van der Waals surface area contributed by atoms with Gasteiger partial charge in [0.05, 0.1) is 6.10 Å². The van der Waals surface area contributed by atoms with Gasteiger partial charge in [-0.15, -0.1) is 0 Å². The minimum atomic E-state index is -0.177. The zero-order chi connectivity index (χ0) is 11.3. The van der Waals surface area contributed by atoms with Crippen LogP contribution in [0.3, 0.4) is 0 Å². The lowest BCUT2D eigenvalue weighted by molar-refractivity contribution is -0.143. The lowest BCUT2D eigenvalue weighted by atomic mass is 9.99. The lowest BCUT2D eigenvalue weighted by Gasteiger charge is -2.14. The zero-order valence-corrected chi connectivity index (χ0v) is 10.1. The molecule has 2 heteroatoms.